The third kappa shape index (κ3) is 4.73. The maximum absolute atomic E-state index is 12.0. The SMILES string of the molecule is Cc1ccc(C[C@@H](CCN2C(=O)CCC2=O)[C@H]2CCOC(C)(C)C2)cc1. The molecule has 26 heavy (non-hydrogen) atoms. The third-order valence-corrected chi connectivity index (χ3v) is 5.90. The molecule has 0 spiro atoms. The molecule has 1 aromatic rings. The highest BCUT2D eigenvalue weighted by Gasteiger charge is 2.35. The summed E-state index contributed by atoms with van der Waals surface area (Å²) in [5, 5.41) is 0. The highest BCUT2D eigenvalue weighted by molar-refractivity contribution is 6.01. The minimum Gasteiger partial charge on any atom is -0.376 e. The van der Waals surface area contributed by atoms with Crippen LogP contribution in [-0.2, 0) is 20.7 Å². The molecule has 2 amide bonds. The highest BCUT2D eigenvalue weighted by Crippen LogP contribution is 2.36. The molecule has 1 aromatic carbocycles. The molecule has 0 unspecified atom stereocenters. The molecule has 3 rings (SSSR count). The average Bonchev–Trinajstić information content (AvgIpc) is 2.91. The van der Waals surface area contributed by atoms with Crippen molar-refractivity contribution in [2.24, 2.45) is 11.8 Å². The summed E-state index contributed by atoms with van der Waals surface area (Å²) in [6.07, 6.45) is 4.73. The van der Waals surface area contributed by atoms with Crippen LogP contribution >= 0.6 is 0 Å². The van der Waals surface area contributed by atoms with Crippen molar-refractivity contribution in [1.29, 1.82) is 0 Å². The number of carbonyl (C=O) groups excluding carboxylic acids is 2. The van der Waals surface area contributed by atoms with Crippen molar-refractivity contribution < 1.29 is 14.3 Å². The quantitative estimate of drug-likeness (QED) is 0.726. The number of nitrogens with zero attached hydrogens (tertiary/aromatic N) is 1. The van der Waals surface area contributed by atoms with E-state index in [1.807, 2.05) is 0 Å². The van der Waals surface area contributed by atoms with Crippen LogP contribution in [0.3, 0.4) is 0 Å². The van der Waals surface area contributed by atoms with Crippen LogP contribution in [-0.4, -0.2) is 35.5 Å². The van der Waals surface area contributed by atoms with Gasteiger partial charge in [-0.25, -0.2) is 0 Å². The van der Waals surface area contributed by atoms with E-state index in [4.69, 9.17) is 4.74 Å². The van der Waals surface area contributed by atoms with E-state index in [1.54, 1.807) is 0 Å². The first-order chi connectivity index (χ1) is 12.3. The van der Waals surface area contributed by atoms with Gasteiger partial charge >= 0.3 is 0 Å². The van der Waals surface area contributed by atoms with Crippen LogP contribution in [0, 0.1) is 18.8 Å². The van der Waals surface area contributed by atoms with E-state index in [9.17, 15) is 9.59 Å². The summed E-state index contributed by atoms with van der Waals surface area (Å²) < 4.78 is 5.91. The standard InChI is InChI=1S/C22H31NO3/c1-16-4-6-17(7-5-16)14-18(19-11-13-26-22(2,3)15-19)10-12-23-20(24)8-9-21(23)25/h4-7,18-19H,8-15H2,1-3H3/t18-,19+/m1/s1. The summed E-state index contributed by atoms with van der Waals surface area (Å²) >= 11 is 0. The Labute approximate surface area is 156 Å². The van der Waals surface area contributed by atoms with Gasteiger partial charge in [0.1, 0.15) is 0 Å². The second-order valence-electron chi connectivity index (χ2n) is 8.54. The molecule has 0 aromatic heterocycles. The van der Waals surface area contributed by atoms with E-state index in [0.29, 0.717) is 31.2 Å². The molecule has 0 N–H and O–H groups in total. The van der Waals surface area contributed by atoms with Crippen molar-refractivity contribution in [2.45, 2.75) is 64.9 Å². The summed E-state index contributed by atoms with van der Waals surface area (Å²) in [7, 11) is 0. The number of amides is 2. The highest BCUT2D eigenvalue weighted by atomic mass is 16.5. The predicted molar refractivity (Wildman–Crippen MR) is 102 cm³/mol. The average molecular weight is 357 g/mol. The van der Waals surface area contributed by atoms with Gasteiger partial charge in [-0.05, 0) is 63.9 Å². The van der Waals surface area contributed by atoms with E-state index < -0.39 is 0 Å². The molecular formula is C22H31NO3. The van der Waals surface area contributed by atoms with Gasteiger partial charge in [0.15, 0.2) is 0 Å². The lowest BCUT2D eigenvalue weighted by molar-refractivity contribution is -0.138. The van der Waals surface area contributed by atoms with Gasteiger partial charge in [-0.15, -0.1) is 0 Å². The van der Waals surface area contributed by atoms with Gasteiger partial charge in [0.25, 0.3) is 0 Å². The Kier molecular flexibility index (Phi) is 5.81. The van der Waals surface area contributed by atoms with Crippen molar-refractivity contribution >= 4 is 11.8 Å². The van der Waals surface area contributed by atoms with E-state index in [0.717, 1.165) is 32.3 Å². The molecule has 2 fully saturated rings. The zero-order chi connectivity index (χ0) is 18.7. The van der Waals surface area contributed by atoms with Crippen LogP contribution in [0.15, 0.2) is 24.3 Å². The van der Waals surface area contributed by atoms with Gasteiger partial charge in [-0.3, -0.25) is 14.5 Å². The molecule has 0 bridgehead atoms. The van der Waals surface area contributed by atoms with Crippen LogP contribution in [0.5, 0.6) is 0 Å². The van der Waals surface area contributed by atoms with Gasteiger partial charge in [0.2, 0.25) is 11.8 Å². The number of aryl methyl sites for hydroxylation is 1. The lowest BCUT2D eigenvalue weighted by Gasteiger charge is -2.39. The number of hydrogen-bond donors (Lipinski definition) is 0. The monoisotopic (exact) mass is 357 g/mol. The smallest absolute Gasteiger partial charge is 0.229 e. The van der Waals surface area contributed by atoms with E-state index in [2.05, 4.69) is 45.0 Å². The van der Waals surface area contributed by atoms with Gasteiger partial charge in [0, 0.05) is 26.0 Å². The first-order valence-corrected chi connectivity index (χ1v) is 9.87. The Morgan fingerprint density at radius 1 is 1.15 bits per heavy atom. The Morgan fingerprint density at radius 3 is 2.42 bits per heavy atom. The molecule has 4 nitrogen and oxygen atoms in total. The van der Waals surface area contributed by atoms with Crippen LogP contribution in [0.1, 0.15) is 57.1 Å². The number of carbonyl (C=O) groups is 2. The third-order valence-electron chi connectivity index (χ3n) is 5.90. The van der Waals surface area contributed by atoms with Gasteiger partial charge in [-0.1, -0.05) is 29.8 Å². The number of imide groups is 1. The number of hydrogen-bond acceptors (Lipinski definition) is 3. The largest absolute Gasteiger partial charge is 0.376 e. The van der Waals surface area contributed by atoms with Crippen LogP contribution < -0.4 is 0 Å². The van der Waals surface area contributed by atoms with Crippen molar-refractivity contribution in [2.75, 3.05) is 13.2 Å². The summed E-state index contributed by atoms with van der Waals surface area (Å²) in [6, 6.07) is 8.74. The normalized spacial score (nSPS) is 24.1. The number of benzene rings is 1. The number of ether oxygens (including phenoxy) is 1. The fourth-order valence-corrected chi connectivity index (χ4v) is 4.38. The minimum absolute atomic E-state index is 0.00334. The molecule has 4 heteroatoms. The summed E-state index contributed by atoms with van der Waals surface area (Å²) in [4.78, 5) is 25.4. The molecule has 2 saturated heterocycles. The van der Waals surface area contributed by atoms with Crippen molar-refractivity contribution in [3.05, 3.63) is 35.4 Å². The molecule has 0 radical (unpaired) electrons. The molecule has 0 saturated carbocycles. The predicted octanol–water partition coefficient (Wildman–Crippen LogP) is 3.90. The Bertz CT molecular complexity index is 634. The molecule has 2 heterocycles. The maximum atomic E-state index is 12.0. The maximum Gasteiger partial charge on any atom is 0.229 e. The fraction of sp³-hybridized carbons (Fsp3) is 0.636. The Hall–Kier alpha value is -1.68. The molecule has 142 valence electrons. The topological polar surface area (TPSA) is 46.6 Å². The van der Waals surface area contributed by atoms with Crippen molar-refractivity contribution in [3.8, 4) is 0 Å². The van der Waals surface area contributed by atoms with E-state index in [-0.39, 0.29) is 17.4 Å². The lowest BCUT2D eigenvalue weighted by Crippen LogP contribution is -2.39. The zero-order valence-corrected chi connectivity index (χ0v) is 16.3. The lowest BCUT2D eigenvalue weighted by atomic mass is 9.75. The van der Waals surface area contributed by atoms with E-state index >= 15 is 0 Å². The van der Waals surface area contributed by atoms with Crippen LogP contribution in [0.2, 0.25) is 0 Å². The molecule has 2 atom stereocenters. The summed E-state index contributed by atoms with van der Waals surface area (Å²) in [5.41, 5.74) is 2.52. The number of likely N-dealkylation sites (tertiary alicyclic amines) is 1. The minimum atomic E-state index is -0.0896. The van der Waals surface area contributed by atoms with Gasteiger partial charge in [-0.2, -0.15) is 0 Å². The number of rotatable bonds is 6. The van der Waals surface area contributed by atoms with Crippen molar-refractivity contribution in [3.63, 3.8) is 0 Å². The molecular weight excluding hydrogens is 326 g/mol. The fourth-order valence-electron chi connectivity index (χ4n) is 4.38. The summed E-state index contributed by atoms with van der Waals surface area (Å²) in [6.45, 7) is 7.79. The summed E-state index contributed by atoms with van der Waals surface area (Å²) in [5.74, 6) is 1.02. The Morgan fingerprint density at radius 2 is 1.81 bits per heavy atom. The van der Waals surface area contributed by atoms with E-state index in [1.165, 1.54) is 16.0 Å². The first-order valence-electron chi connectivity index (χ1n) is 9.87. The zero-order valence-electron chi connectivity index (χ0n) is 16.3. The molecule has 2 aliphatic heterocycles. The Balaban J connectivity index is 1.71. The van der Waals surface area contributed by atoms with Gasteiger partial charge < -0.3 is 4.74 Å². The van der Waals surface area contributed by atoms with Crippen molar-refractivity contribution in [1.82, 2.24) is 4.90 Å². The van der Waals surface area contributed by atoms with Crippen LogP contribution in [0.25, 0.3) is 0 Å². The first kappa shape index (κ1) is 19.1. The molecule has 2 aliphatic rings. The second-order valence-corrected chi connectivity index (χ2v) is 8.54. The van der Waals surface area contributed by atoms with Gasteiger partial charge in [0.05, 0.1) is 5.60 Å². The second kappa shape index (κ2) is 7.91. The molecule has 0 aliphatic carbocycles. The van der Waals surface area contributed by atoms with Crippen LogP contribution in [0.4, 0.5) is 0 Å².